The smallest absolute Gasteiger partial charge is 0.226 e. The van der Waals surface area contributed by atoms with E-state index in [2.05, 4.69) is 21.7 Å². The third-order valence-electron chi connectivity index (χ3n) is 3.81. The van der Waals surface area contributed by atoms with E-state index in [1.807, 2.05) is 24.4 Å². The Balaban J connectivity index is 1.66. The van der Waals surface area contributed by atoms with Crippen molar-refractivity contribution in [2.45, 2.75) is 25.8 Å². The van der Waals surface area contributed by atoms with Gasteiger partial charge in [-0.1, -0.05) is 6.07 Å². The van der Waals surface area contributed by atoms with Gasteiger partial charge in [0.2, 0.25) is 5.91 Å². The van der Waals surface area contributed by atoms with Crippen LogP contribution in [0.15, 0.2) is 24.4 Å². The molecule has 4 nitrogen and oxygen atoms in total. The lowest BCUT2D eigenvalue weighted by Gasteiger charge is -2.40. The highest BCUT2D eigenvalue weighted by Gasteiger charge is 2.37. The Morgan fingerprint density at radius 1 is 1.33 bits per heavy atom. The molecule has 1 aromatic heterocycles. The van der Waals surface area contributed by atoms with Crippen LogP contribution in [0.3, 0.4) is 0 Å². The van der Waals surface area contributed by atoms with Gasteiger partial charge < -0.3 is 9.80 Å². The molecule has 1 aliphatic carbocycles. The number of anilines is 1. The van der Waals surface area contributed by atoms with E-state index in [0.717, 1.165) is 38.3 Å². The topological polar surface area (TPSA) is 36.4 Å². The fourth-order valence-corrected chi connectivity index (χ4v) is 2.60. The maximum absolute atomic E-state index is 12.1. The lowest BCUT2D eigenvalue weighted by Crippen LogP contribution is -2.54. The van der Waals surface area contributed by atoms with E-state index in [1.165, 1.54) is 0 Å². The van der Waals surface area contributed by atoms with Crippen molar-refractivity contribution in [3.63, 3.8) is 0 Å². The molecule has 2 aliphatic rings. The summed E-state index contributed by atoms with van der Waals surface area (Å²) in [7, 11) is 0. The van der Waals surface area contributed by atoms with Crippen molar-refractivity contribution >= 4 is 11.7 Å². The van der Waals surface area contributed by atoms with Crippen LogP contribution < -0.4 is 4.90 Å². The Morgan fingerprint density at radius 2 is 2.17 bits per heavy atom. The number of pyridine rings is 1. The number of amides is 1. The van der Waals surface area contributed by atoms with E-state index in [1.54, 1.807) is 0 Å². The average molecular weight is 245 g/mol. The molecule has 18 heavy (non-hydrogen) atoms. The number of aromatic nitrogens is 1. The van der Waals surface area contributed by atoms with Gasteiger partial charge in [0.05, 0.1) is 0 Å². The number of carbonyl (C=O) groups excluding carboxylic acids is 1. The predicted molar refractivity (Wildman–Crippen MR) is 70.3 cm³/mol. The van der Waals surface area contributed by atoms with Crippen molar-refractivity contribution in [3.8, 4) is 0 Å². The fourth-order valence-electron chi connectivity index (χ4n) is 2.60. The molecule has 1 aromatic rings. The van der Waals surface area contributed by atoms with Crippen molar-refractivity contribution in [1.82, 2.24) is 9.88 Å². The van der Waals surface area contributed by atoms with Crippen LogP contribution in [0.1, 0.15) is 19.8 Å². The predicted octanol–water partition coefficient (Wildman–Crippen LogP) is 1.53. The zero-order valence-electron chi connectivity index (χ0n) is 10.7. The summed E-state index contributed by atoms with van der Waals surface area (Å²) in [5, 5.41) is 0. The van der Waals surface area contributed by atoms with Crippen molar-refractivity contribution in [2.75, 3.05) is 24.5 Å². The molecule has 96 valence electrons. The summed E-state index contributed by atoms with van der Waals surface area (Å²) in [6.45, 7) is 4.73. The molecule has 1 saturated heterocycles. The van der Waals surface area contributed by atoms with E-state index in [-0.39, 0.29) is 6.04 Å². The molecule has 4 heteroatoms. The fraction of sp³-hybridized carbons (Fsp3) is 0.571. The molecule has 0 radical (unpaired) electrons. The van der Waals surface area contributed by atoms with Gasteiger partial charge in [0.15, 0.2) is 0 Å². The zero-order chi connectivity index (χ0) is 12.5. The maximum Gasteiger partial charge on any atom is 0.226 e. The first-order chi connectivity index (χ1) is 8.75. The lowest BCUT2D eigenvalue weighted by molar-refractivity contribution is -0.134. The van der Waals surface area contributed by atoms with Crippen LogP contribution in [0.5, 0.6) is 0 Å². The summed E-state index contributed by atoms with van der Waals surface area (Å²) >= 11 is 0. The first-order valence-electron chi connectivity index (χ1n) is 6.72. The standard InChI is InChI=1S/C14H19N3O/c1-11-10-16(13-4-2-3-7-15-13)8-9-17(11)14(18)12-5-6-12/h2-4,7,11-12H,5-6,8-10H2,1H3/t11-/m1/s1. The van der Waals surface area contributed by atoms with E-state index in [0.29, 0.717) is 11.8 Å². The Labute approximate surface area is 108 Å². The Morgan fingerprint density at radius 3 is 2.78 bits per heavy atom. The minimum absolute atomic E-state index is 0.286. The van der Waals surface area contributed by atoms with Crippen molar-refractivity contribution in [3.05, 3.63) is 24.4 Å². The third-order valence-corrected chi connectivity index (χ3v) is 3.81. The number of hydrogen-bond donors (Lipinski definition) is 0. The number of carbonyl (C=O) groups is 1. The van der Waals surface area contributed by atoms with Gasteiger partial charge in [-0.15, -0.1) is 0 Å². The number of hydrogen-bond acceptors (Lipinski definition) is 3. The second kappa shape index (κ2) is 4.59. The van der Waals surface area contributed by atoms with Crippen LogP contribution in [0.2, 0.25) is 0 Å². The van der Waals surface area contributed by atoms with Gasteiger partial charge in [-0.3, -0.25) is 4.79 Å². The van der Waals surface area contributed by atoms with Gasteiger partial charge in [-0.05, 0) is 31.9 Å². The summed E-state index contributed by atoms with van der Waals surface area (Å²) < 4.78 is 0. The van der Waals surface area contributed by atoms with Crippen molar-refractivity contribution in [1.29, 1.82) is 0 Å². The number of piperazine rings is 1. The van der Waals surface area contributed by atoms with Gasteiger partial charge in [-0.25, -0.2) is 4.98 Å². The van der Waals surface area contributed by atoms with Crippen molar-refractivity contribution in [2.24, 2.45) is 5.92 Å². The van der Waals surface area contributed by atoms with Crippen LogP contribution in [0, 0.1) is 5.92 Å². The maximum atomic E-state index is 12.1. The molecule has 3 rings (SSSR count). The van der Waals surface area contributed by atoms with Crippen molar-refractivity contribution < 1.29 is 4.79 Å². The molecule has 1 atom stereocenters. The first kappa shape index (κ1) is 11.5. The SMILES string of the molecule is C[C@@H]1CN(c2ccccn2)CCN1C(=O)C1CC1. The largest absolute Gasteiger partial charge is 0.353 e. The first-order valence-corrected chi connectivity index (χ1v) is 6.72. The molecular weight excluding hydrogens is 226 g/mol. The monoisotopic (exact) mass is 245 g/mol. The summed E-state index contributed by atoms with van der Waals surface area (Å²) in [6, 6.07) is 6.26. The quantitative estimate of drug-likeness (QED) is 0.793. The van der Waals surface area contributed by atoms with Crippen LogP contribution in [-0.2, 0) is 4.79 Å². The molecule has 0 aromatic carbocycles. The Hall–Kier alpha value is -1.58. The highest BCUT2D eigenvalue weighted by atomic mass is 16.2. The molecule has 1 amide bonds. The minimum atomic E-state index is 0.286. The van der Waals surface area contributed by atoms with Crippen LogP contribution in [0.4, 0.5) is 5.82 Å². The average Bonchev–Trinajstić information content (AvgIpc) is 3.23. The summed E-state index contributed by atoms with van der Waals surface area (Å²) in [4.78, 5) is 20.8. The third kappa shape index (κ3) is 2.19. The highest BCUT2D eigenvalue weighted by Crippen LogP contribution is 2.32. The summed E-state index contributed by atoms with van der Waals surface area (Å²) in [5.41, 5.74) is 0. The highest BCUT2D eigenvalue weighted by molar-refractivity contribution is 5.81. The number of nitrogens with zero attached hydrogens (tertiary/aromatic N) is 3. The normalized spacial score (nSPS) is 24.2. The van der Waals surface area contributed by atoms with E-state index >= 15 is 0 Å². The molecule has 0 spiro atoms. The molecule has 0 bridgehead atoms. The van der Waals surface area contributed by atoms with E-state index in [9.17, 15) is 4.79 Å². The molecule has 1 saturated carbocycles. The number of rotatable bonds is 2. The molecule has 0 N–H and O–H groups in total. The Kier molecular flexibility index (Phi) is 2.94. The second-order valence-electron chi connectivity index (χ2n) is 5.29. The van der Waals surface area contributed by atoms with E-state index < -0.39 is 0 Å². The zero-order valence-corrected chi connectivity index (χ0v) is 10.7. The molecule has 2 heterocycles. The van der Waals surface area contributed by atoms with Gasteiger partial charge in [0, 0.05) is 37.8 Å². The van der Waals surface area contributed by atoms with Gasteiger partial charge >= 0.3 is 0 Å². The summed E-state index contributed by atoms with van der Waals surface area (Å²) in [5.74, 6) is 1.71. The summed E-state index contributed by atoms with van der Waals surface area (Å²) in [6.07, 6.45) is 4.00. The van der Waals surface area contributed by atoms with Gasteiger partial charge in [0.1, 0.15) is 5.82 Å². The van der Waals surface area contributed by atoms with Crippen LogP contribution in [-0.4, -0.2) is 41.5 Å². The molecule has 2 fully saturated rings. The Bertz CT molecular complexity index is 430. The van der Waals surface area contributed by atoms with Gasteiger partial charge in [0.25, 0.3) is 0 Å². The van der Waals surface area contributed by atoms with E-state index in [4.69, 9.17) is 0 Å². The second-order valence-corrected chi connectivity index (χ2v) is 5.29. The molecule has 0 unspecified atom stereocenters. The minimum Gasteiger partial charge on any atom is -0.353 e. The molecule has 1 aliphatic heterocycles. The van der Waals surface area contributed by atoms with Crippen LogP contribution >= 0.6 is 0 Å². The van der Waals surface area contributed by atoms with Crippen LogP contribution in [0.25, 0.3) is 0 Å². The molecular formula is C14H19N3O. The van der Waals surface area contributed by atoms with Gasteiger partial charge in [-0.2, -0.15) is 0 Å². The lowest BCUT2D eigenvalue weighted by atomic mass is 10.1.